The second-order valence-corrected chi connectivity index (χ2v) is 3.31. The molecule has 0 aromatic rings. The Morgan fingerprint density at radius 2 is 1.08 bits per heavy atom. The second kappa shape index (κ2) is 8.44. The van der Waals surface area contributed by atoms with Crippen LogP contribution in [0.4, 0.5) is 0 Å². The van der Waals surface area contributed by atoms with Gasteiger partial charge in [0.25, 0.3) is 0 Å². The smallest absolute Gasteiger partial charge is 0.0770 e. The molecule has 0 aromatic heterocycles. The van der Waals surface area contributed by atoms with E-state index in [1.54, 1.807) is 0 Å². The summed E-state index contributed by atoms with van der Waals surface area (Å²) in [5, 5.41) is 34.9. The highest BCUT2D eigenvalue weighted by molar-refractivity contribution is 4.56. The Balaban J connectivity index is 3.08. The van der Waals surface area contributed by atoms with Gasteiger partial charge < -0.3 is 20.4 Å². The van der Waals surface area contributed by atoms with Gasteiger partial charge in [0.05, 0.1) is 25.4 Å². The van der Waals surface area contributed by atoms with E-state index in [0.717, 1.165) is 19.3 Å². The number of aliphatic hydroxyl groups is 4. The number of aliphatic hydroxyl groups excluding tert-OH is 4. The first-order chi connectivity index (χ1) is 6.20. The maximum absolute atomic E-state index is 8.97. The van der Waals surface area contributed by atoms with Crippen LogP contribution in [0.5, 0.6) is 0 Å². The summed E-state index contributed by atoms with van der Waals surface area (Å²) in [6.45, 7) is -0.363. The SMILES string of the molecule is OC[C@H](O)CCCCC[C@@H](O)CO. The average molecular weight is 192 g/mol. The molecule has 0 radical (unpaired) electrons. The lowest BCUT2D eigenvalue weighted by atomic mass is 10.1. The summed E-state index contributed by atoms with van der Waals surface area (Å²) >= 11 is 0. The highest BCUT2D eigenvalue weighted by Crippen LogP contribution is 2.07. The molecule has 0 aliphatic heterocycles. The Morgan fingerprint density at radius 1 is 0.692 bits per heavy atom. The van der Waals surface area contributed by atoms with Crippen molar-refractivity contribution in [2.45, 2.75) is 44.3 Å². The Labute approximate surface area is 78.8 Å². The highest BCUT2D eigenvalue weighted by atomic mass is 16.3. The molecule has 0 aliphatic carbocycles. The Bertz CT molecular complexity index is 95.8. The monoisotopic (exact) mass is 192 g/mol. The highest BCUT2D eigenvalue weighted by Gasteiger charge is 2.03. The van der Waals surface area contributed by atoms with E-state index >= 15 is 0 Å². The van der Waals surface area contributed by atoms with Gasteiger partial charge in [-0.25, -0.2) is 0 Å². The Morgan fingerprint density at radius 3 is 1.38 bits per heavy atom. The van der Waals surface area contributed by atoms with Crippen molar-refractivity contribution < 1.29 is 20.4 Å². The largest absolute Gasteiger partial charge is 0.394 e. The zero-order valence-electron chi connectivity index (χ0n) is 7.89. The van der Waals surface area contributed by atoms with Crippen molar-refractivity contribution in [3.63, 3.8) is 0 Å². The fourth-order valence-corrected chi connectivity index (χ4v) is 1.12. The normalized spacial score (nSPS) is 15.7. The van der Waals surface area contributed by atoms with Crippen LogP contribution in [0.3, 0.4) is 0 Å². The lowest BCUT2D eigenvalue weighted by Crippen LogP contribution is -2.12. The van der Waals surface area contributed by atoms with Gasteiger partial charge in [-0.2, -0.15) is 0 Å². The van der Waals surface area contributed by atoms with Gasteiger partial charge in [-0.15, -0.1) is 0 Å². The van der Waals surface area contributed by atoms with Gasteiger partial charge in [0.15, 0.2) is 0 Å². The van der Waals surface area contributed by atoms with E-state index in [0.29, 0.717) is 12.8 Å². The lowest BCUT2D eigenvalue weighted by molar-refractivity contribution is 0.0801. The van der Waals surface area contributed by atoms with E-state index in [-0.39, 0.29) is 13.2 Å². The van der Waals surface area contributed by atoms with Crippen molar-refractivity contribution in [1.82, 2.24) is 0 Å². The second-order valence-electron chi connectivity index (χ2n) is 3.31. The zero-order valence-corrected chi connectivity index (χ0v) is 7.89. The minimum atomic E-state index is -0.609. The van der Waals surface area contributed by atoms with Crippen molar-refractivity contribution in [1.29, 1.82) is 0 Å². The average Bonchev–Trinajstić information content (AvgIpc) is 2.16. The summed E-state index contributed by atoms with van der Waals surface area (Å²) in [6, 6.07) is 0. The molecule has 4 nitrogen and oxygen atoms in total. The van der Waals surface area contributed by atoms with Gasteiger partial charge >= 0.3 is 0 Å². The molecule has 0 bridgehead atoms. The van der Waals surface area contributed by atoms with Crippen LogP contribution in [0, 0.1) is 0 Å². The molecule has 0 unspecified atom stereocenters. The summed E-state index contributed by atoms with van der Waals surface area (Å²) in [6.07, 6.45) is 2.59. The van der Waals surface area contributed by atoms with Crippen LogP contribution in [-0.4, -0.2) is 45.8 Å². The quantitative estimate of drug-likeness (QED) is 0.396. The number of rotatable bonds is 8. The molecular formula is C9H20O4. The summed E-state index contributed by atoms with van der Waals surface area (Å²) in [5.41, 5.74) is 0. The third-order valence-electron chi connectivity index (χ3n) is 2.00. The molecule has 4 N–H and O–H groups in total. The molecule has 0 fully saturated rings. The first kappa shape index (κ1) is 12.8. The summed E-state index contributed by atoms with van der Waals surface area (Å²) < 4.78 is 0. The molecule has 4 heteroatoms. The molecule has 0 saturated carbocycles. The molecular weight excluding hydrogens is 172 g/mol. The van der Waals surface area contributed by atoms with Gasteiger partial charge in [-0.05, 0) is 12.8 Å². The van der Waals surface area contributed by atoms with E-state index in [2.05, 4.69) is 0 Å². The van der Waals surface area contributed by atoms with Crippen LogP contribution in [-0.2, 0) is 0 Å². The lowest BCUT2D eigenvalue weighted by Gasteiger charge is -2.08. The number of unbranched alkanes of at least 4 members (excludes halogenated alkanes) is 2. The molecule has 80 valence electrons. The molecule has 0 rings (SSSR count). The number of hydrogen-bond acceptors (Lipinski definition) is 4. The maximum Gasteiger partial charge on any atom is 0.0770 e. The first-order valence-electron chi connectivity index (χ1n) is 4.78. The summed E-state index contributed by atoms with van der Waals surface area (Å²) in [4.78, 5) is 0. The Hall–Kier alpha value is -0.160. The van der Waals surface area contributed by atoms with Crippen LogP contribution in [0.1, 0.15) is 32.1 Å². The predicted molar refractivity (Wildman–Crippen MR) is 49.3 cm³/mol. The fraction of sp³-hybridized carbons (Fsp3) is 1.00. The molecule has 0 aliphatic rings. The van der Waals surface area contributed by atoms with E-state index in [9.17, 15) is 0 Å². The van der Waals surface area contributed by atoms with Crippen LogP contribution in [0.25, 0.3) is 0 Å². The topological polar surface area (TPSA) is 80.9 Å². The molecule has 0 heterocycles. The van der Waals surface area contributed by atoms with Crippen LogP contribution < -0.4 is 0 Å². The van der Waals surface area contributed by atoms with Crippen LogP contribution >= 0.6 is 0 Å². The molecule has 0 saturated heterocycles. The minimum absolute atomic E-state index is 0.181. The third-order valence-corrected chi connectivity index (χ3v) is 2.00. The van der Waals surface area contributed by atoms with E-state index in [4.69, 9.17) is 20.4 Å². The van der Waals surface area contributed by atoms with Gasteiger partial charge in [0.2, 0.25) is 0 Å². The van der Waals surface area contributed by atoms with Gasteiger partial charge in [-0.3, -0.25) is 0 Å². The standard InChI is InChI=1S/C9H20O4/c10-6-8(12)4-2-1-3-5-9(13)7-11/h8-13H,1-7H2/t8-,9-/m1/s1. The third kappa shape index (κ3) is 8.18. The van der Waals surface area contributed by atoms with Crippen molar-refractivity contribution in [3.8, 4) is 0 Å². The molecule has 13 heavy (non-hydrogen) atoms. The van der Waals surface area contributed by atoms with Crippen LogP contribution in [0.15, 0.2) is 0 Å². The van der Waals surface area contributed by atoms with Crippen molar-refractivity contribution in [3.05, 3.63) is 0 Å². The molecule has 0 amide bonds. The van der Waals surface area contributed by atoms with Gasteiger partial charge in [0.1, 0.15) is 0 Å². The Kier molecular flexibility index (Phi) is 8.33. The number of hydrogen-bond donors (Lipinski definition) is 4. The summed E-state index contributed by atoms with van der Waals surface area (Å²) in [7, 11) is 0. The van der Waals surface area contributed by atoms with Crippen molar-refractivity contribution >= 4 is 0 Å². The first-order valence-corrected chi connectivity index (χ1v) is 4.78. The molecule has 0 spiro atoms. The van der Waals surface area contributed by atoms with Crippen molar-refractivity contribution in [2.75, 3.05) is 13.2 Å². The zero-order chi connectivity index (χ0) is 10.1. The van der Waals surface area contributed by atoms with Gasteiger partial charge in [-0.1, -0.05) is 19.3 Å². The maximum atomic E-state index is 8.97. The van der Waals surface area contributed by atoms with E-state index < -0.39 is 12.2 Å². The minimum Gasteiger partial charge on any atom is -0.394 e. The van der Waals surface area contributed by atoms with Crippen LogP contribution in [0.2, 0.25) is 0 Å². The van der Waals surface area contributed by atoms with Crippen molar-refractivity contribution in [2.24, 2.45) is 0 Å². The van der Waals surface area contributed by atoms with E-state index in [1.165, 1.54) is 0 Å². The fourth-order valence-electron chi connectivity index (χ4n) is 1.12. The van der Waals surface area contributed by atoms with Gasteiger partial charge in [0, 0.05) is 0 Å². The molecule has 2 atom stereocenters. The summed E-state index contributed by atoms with van der Waals surface area (Å²) in [5.74, 6) is 0. The predicted octanol–water partition coefficient (Wildman–Crippen LogP) is -0.357. The molecule has 0 aromatic carbocycles. The van der Waals surface area contributed by atoms with E-state index in [1.807, 2.05) is 0 Å².